The lowest BCUT2D eigenvalue weighted by atomic mass is 10.2. The van der Waals surface area contributed by atoms with Gasteiger partial charge in [-0.1, -0.05) is 11.6 Å². The van der Waals surface area contributed by atoms with Crippen LogP contribution in [0.25, 0.3) is 0 Å². The minimum absolute atomic E-state index is 0.797. The number of anilines is 1. The molecule has 0 aromatic heterocycles. The molecule has 2 rings (SSSR count). The van der Waals surface area contributed by atoms with Gasteiger partial charge < -0.3 is 9.80 Å². The van der Waals surface area contributed by atoms with Gasteiger partial charge in [0, 0.05) is 36.9 Å². The van der Waals surface area contributed by atoms with Crippen molar-refractivity contribution in [2.45, 2.75) is 6.92 Å². The summed E-state index contributed by atoms with van der Waals surface area (Å²) in [4.78, 5) is 14.7. The molecular formula is C12H15ClN2O. The molecule has 1 fully saturated rings. The van der Waals surface area contributed by atoms with E-state index in [1.807, 2.05) is 19.1 Å². The Hall–Kier alpha value is -1.22. The Morgan fingerprint density at radius 1 is 1.25 bits per heavy atom. The van der Waals surface area contributed by atoms with E-state index < -0.39 is 0 Å². The third-order valence-corrected chi connectivity index (χ3v) is 3.39. The Labute approximate surface area is 101 Å². The molecule has 1 amide bonds. The number of halogens is 1. The first-order valence-electron chi connectivity index (χ1n) is 5.41. The number of rotatable bonds is 2. The molecule has 0 bridgehead atoms. The lowest BCUT2D eigenvalue weighted by Crippen LogP contribution is -2.45. The monoisotopic (exact) mass is 238 g/mol. The Balaban J connectivity index is 2.08. The van der Waals surface area contributed by atoms with Gasteiger partial charge in [-0.25, -0.2) is 0 Å². The number of carbonyl (C=O) groups is 1. The van der Waals surface area contributed by atoms with Gasteiger partial charge in [-0.3, -0.25) is 4.79 Å². The van der Waals surface area contributed by atoms with E-state index in [9.17, 15) is 4.79 Å². The summed E-state index contributed by atoms with van der Waals surface area (Å²) >= 11 is 5.99. The third kappa shape index (κ3) is 2.30. The van der Waals surface area contributed by atoms with Crippen molar-refractivity contribution >= 4 is 23.7 Å². The van der Waals surface area contributed by atoms with E-state index in [1.165, 1.54) is 5.69 Å². The van der Waals surface area contributed by atoms with Gasteiger partial charge >= 0.3 is 0 Å². The summed E-state index contributed by atoms with van der Waals surface area (Å²) in [5, 5.41) is 0.801. The number of hydrogen-bond donors (Lipinski definition) is 0. The number of piperazine rings is 1. The fourth-order valence-corrected chi connectivity index (χ4v) is 2.03. The highest BCUT2D eigenvalue weighted by Gasteiger charge is 2.15. The summed E-state index contributed by atoms with van der Waals surface area (Å²) in [6.07, 6.45) is 0.921. The predicted molar refractivity (Wildman–Crippen MR) is 66.0 cm³/mol. The highest BCUT2D eigenvalue weighted by molar-refractivity contribution is 6.31. The maximum Gasteiger partial charge on any atom is 0.209 e. The molecule has 0 unspecified atom stereocenters. The van der Waals surface area contributed by atoms with Crippen LogP contribution >= 0.6 is 11.6 Å². The molecule has 1 saturated heterocycles. The van der Waals surface area contributed by atoms with Crippen LogP contribution in [-0.2, 0) is 4.79 Å². The van der Waals surface area contributed by atoms with Crippen molar-refractivity contribution in [3.63, 3.8) is 0 Å². The van der Waals surface area contributed by atoms with E-state index in [0.29, 0.717) is 0 Å². The standard InChI is InChI=1S/C12H15ClN2O/c1-10-8-11(2-3-12(10)13)15-6-4-14(9-16)5-7-15/h2-3,8-9H,4-7H2,1H3. The van der Waals surface area contributed by atoms with Gasteiger partial charge in [0.05, 0.1) is 0 Å². The fraction of sp³-hybridized carbons (Fsp3) is 0.417. The highest BCUT2D eigenvalue weighted by atomic mass is 35.5. The number of amides is 1. The first kappa shape index (κ1) is 11.3. The zero-order valence-corrected chi connectivity index (χ0v) is 10.1. The molecule has 0 spiro atoms. The lowest BCUT2D eigenvalue weighted by molar-refractivity contribution is -0.118. The van der Waals surface area contributed by atoms with E-state index in [2.05, 4.69) is 11.0 Å². The van der Waals surface area contributed by atoms with Crippen LogP contribution in [0.3, 0.4) is 0 Å². The van der Waals surface area contributed by atoms with E-state index >= 15 is 0 Å². The quantitative estimate of drug-likeness (QED) is 0.735. The van der Waals surface area contributed by atoms with Crippen LogP contribution in [0.4, 0.5) is 5.69 Å². The minimum atomic E-state index is 0.797. The maximum atomic E-state index is 10.6. The molecular weight excluding hydrogens is 224 g/mol. The van der Waals surface area contributed by atoms with Gasteiger partial charge in [0.2, 0.25) is 6.41 Å². The molecule has 0 saturated carbocycles. The molecule has 16 heavy (non-hydrogen) atoms. The van der Waals surface area contributed by atoms with Crippen LogP contribution in [0, 0.1) is 6.92 Å². The average molecular weight is 239 g/mol. The van der Waals surface area contributed by atoms with E-state index in [4.69, 9.17) is 11.6 Å². The van der Waals surface area contributed by atoms with Crippen LogP contribution in [0.2, 0.25) is 5.02 Å². The predicted octanol–water partition coefficient (Wildman–Crippen LogP) is 1.93. The van der Waals surface area contributed by atoms with Crippen LogP contribution in [0.15, 0.2) is 18.2 Å². The second kappa shape index (κ2) is 4.74. The maximum absolute atomic E-state index is 10.6. The van der Waals surface area contributed by atoms with Crippen molar-refractivity contribution in [2.75, 3.05) is 31.1 Å². The SMILES string of the molecule is Cc1cc(N2CCN(C=O)CC2)ccc1Cl. The molecule has 1 aliphatic heterocycles. The van der Waals surface area contributed by atoms with E-state index in [0.717, 1.165) is 43.2 Å². The van der Waals surface area contributed by atoms with Gasteiger partial charge in [0.15, 0.2) is 0 Å². The summed E-state index contributed by atoms with van der Waals surface area (Å²) in [7, 11) is 0. The summed E-state index contributed by atoms with van der Waals surface area (Å²) in [6.45, 7) is 5.38. The number of carbonyl (C=O) groups excluding carboxylic acids is 1. The molecule has 0 atom stereocenters. The van der Waals surface area contributed by atoms with Gasteiger partial charge in [0.25, 0.3) is 0 Å². The molecule has 1 aliphatic rings. The number of hydrogen-bond acceptors (Lipinski definition) is 2. The molecule has 0 aliphatic carbocycles. The molecule has 1 aromatic carbocycles. The van der Waals surface area contributed by atoms with Crippen molar-refractivity contribution in [3.8, 4) is 0 Å². The summed E-state index contributed by atoms with van der Waals surface area (Å²) in [5.41, 5.74) is 2.28. The second-order valence-corrected chi connectivity index (χ2v) is 4.47. The second-order valence-electron chi connectivity index (χ2n) is 4.06. The van der Waals surface area contributed by atoms with Crippen LogP contribution in [0.5, 0.6) is 0 Å². The normalized spacial score (nSPS) is 16.4. The summed E-state index contributed by atoms with van der Waals surface area (Å²) < 4.78 is 0. The van der Waals surface area contributed by atoms with Gasteiger partial charge in [-0.05, 0) is 30.7 Å². The lowest BCUT2D eigenvalue weighted by Gasteiger charge is -2.34. The topological polar surface area (TPSA) is 23.6 Å². The Bertz CT molecular complexity index is 387. The van der Waals surface area contributed by atoms with Crippen molar-refractivity contribution in [1.29, 1.82) is 0 Å². The molecule has 3 nitrogen and oxygen atoms in total. The first-order valence-corrected chi connectivity index (χ1v) is 5.79. The highest BCUT2D eigenvalue weighted by Crippen LogP contribution is 2.23. The minimum Gasteiger partial charge on any atom is -0.368 e. The number of benzene rings is 1. The largest absolute Gasteiger partial charge is 0.368 e. The summed E-state index contributed by atoms with van der Waals surface area (Å²) in [6, 6.07) is 6.06. The van der Waals surface area contributed by atoms with Gasteiger partial charge in [-0.15, -0.1) is 0 Å². The van der Waals surface area contributed by atoms with Crippen molar-refractivity contribution in [3.05, 3.63) is 28.8 Å². The average Bonchev–Trinajstić information content (AvgIpc) is 2.33. The van der Waals surface area contributed by atoms with Crippen molar-refractivity contribution < 1.29 is 4.79 Å². The molecule has 1 aromatic rings. The molecule has 1 heterocycles. The molecule has 4 heteroatoms. The summed E-state index contributed by atoms with van der Waals surface area (Å²) in [5.74, 6) is 0. The van der Waals surface area contributed by atoms with Gasteiger partial charge in [0.1, 0.15) is 0 Å². The third-order valence-electron chi connectivity index (χ3n) is 2.97. The Morgan fingerprint density at radius 3 is 2.50 bits per heavy atom. The Morgan fingerprint density at radius 2 is 1.94 bits per heavy atom. The van der Waals surface area contributed by atoms with E-state index in [-0.39, 0.29) is 0 Å². The van der Waals surface area contributed by atoms with Crippen molar-refractivity contribution in [2.24, 2.45) is 0 Å². The Kier molecular flexibility index (Phi) is 3.34. The smallest absolute Gasteiger partial charge is 0.209 e. The molecule has 0 N–H and O–H groups in total. The first-order chi connectivity index (χ1) is 7.70. The fourth-order valence-electron chi connectivity index (χ4n) is 1.91. The molecule has 0 radical (unpaired) electrons. The number of nitrogens with zero attached hydrogens (tertiary/aromatic N) is 2. The number of aryl methyl sites for hydroxylation is 1. The van der Waals surface area contributed by atoms with Crippen molar-refractivity contribution in [1.82, 2.24) is 4.90 Å². The zero-order valence-electron chi connectivity index (χ0n) is 9.32. The van der Waals surface area contributed by atoms with Crippen LogP contribution < -0.4 is 4.90 Å². The van der Waals surface area contributed by atoms with Gasteiger partial charge in [-0.2, -0.15) is 0 Å². The molecule has 86 valence electrons. The zero-order chi connectivity index (χ0) is 11.5. The van der Waals surface area contributed by atoms with E-state index in [1.54, 1.807) is 4.90 Å². The van der Waals surface area contributed by atoms with Crippen LogP contribution in [-0.4, -0.2) is 37.5 Å². The van der Waals surface area contributed by atoms with Crippen LogP contribution in [0.1, 0.15) is 5.56 Å².